The fraction of sp³-hybridized carbons (Fsp3) is 0.375. The van der Waals surface area contributed by atoms with Crippen molar-refractivity contribution in [1.29, 1.82) is 0 Å². The van der Waals surface area contributed by atoms with E-state index in [4.69, 9.17) is 0 Å². The van der Waals surface area contributed by atoms with E-state index >= 15 is 0 Å². The van der Waals surface area contributed by atoms with Gasteiger partial charge in [0.05, 0.1) is 6.20 Å². The number of hydrogen-bond acceptors (Lipinski definition) is 1. The quantitative estimate of drug-likeness (QED) is 0.606. The van der Waals surface area contributed by atoms with Crippen LogP contribution in [-0.2, 0) is 7.05 Å². The maximum absolute atomic E-state index is 4.03. The molecule has 0 saturated heterocycles. The highest BCUT2D eigenvalue weighted by molar-refractivity contribution is 5.46. The van der Waals surface area contributed by atoms with Gasteiger partial charge in [0, 0.05) is 18.8 Å². The van der Waals surface area contributed by atoms with Crippen LogP contribution in [0, 0.1) is 0 Å². The number of nitrogens with zero attached hydrogens (tertiary/aromatic N) is 2. The lowest BCUT2D eigenvalue weighted by atomic mass is 10.3. The fourth-order valence-electron chi connectivity index (χ4n) is 0.780. The van der Waals surface area contributed by atoms with Gasteiger partial charge in [-0.15, -0.1) is 0 Å². The van der Waals surface area contributed by atoms with Crippen molar-refractivity contribution in [3.8, 4) is 0 Å². The first-order valence-corrected chi connectivity index (χ1v) is 3.48. The summed E-state index contributed by atoms with van der Waals surface area (Å²) in [5, 5.41) is 4.03. The number of aryl methyl sites for hydroxylation is 1. The Balaban J connectivity index is 2.67. The van der Waals surface area contributed by atoms with Gasteiger partial charge in [-0.05, 0) is 6.42 Å². The molecule has 2 heteroatoms. The van der Waals surface area contributed by atoms with E-state index in [1.165, 1.54) is 5.56 Å². The number of aromatic nitrogens is 2. The Morgan fingerprint density at radius 3 is 3.00 bits per heavy atom. The van der Waals surface area contributed by atoms with Gasteiger partial charge in [0.1, 0.15) is 0 Å². The lowest BCUT2D eigenvalue weighted by Gasteiger charge is -1.81. The summed E-state index contributed by atoms with van der Waals surface area (Å²) in [6, 6.07) is 0. The molecule has 0 saturated carbocycles. The van der Waals surface area contributed by atoms with Gasteiger partial charge in [-0.2, -0.15) is 5.10 Å². The molecule has 0 aliphatic carbocycles. The summed E-state index contributed by atoms with van der Waals surface area (Å²) in [4.78, 5) is 0. The lowest BCUT2D eigenvalue weighted by Crippen LogP contribution is -1.83. The summed E-state index contributed by atoms with van der Waals surface area (Å²) in [5.74, 6) is 0. The highest BCUT2D eigenvalue weighted by atomic mass is 15.2. The van der Waals surface area contributed by atoms with E-state index in [-0.39, 0.29) is 0 Å². The van der Waals surface area contributed by atoms with E-state index in [0.29, 0.717) is 0 Å². The number of hydrogen-bond donors (Lipinski definition) is 0. The largest absolute Gasteiger partial charge is 0.275 e. The van der Waals surface area contributed by atoms with Crippen LogP contribution in [0.3, 0.4) is 0 Å². The molecule has 1 aromatic rings. The number of rotatable bonds is 2. The monoisotopic (exact) mass is 136 g/mol. The fourth-order valence-corrected chi connectivity index (χ4v) is 0.780. The van der Waals surface area contributed by atoms with Gasteiger partial charge in [-0.1, -0.05) is 19.1 Å². The maximum Gasteiger partial charge on any atom is 0.0562 e. The average Bonchev–Trinajstić information content (AvgIpc) is 2.31. The first-order valence-electron chi connectivity index (χ1n) is 3.48. The highest BCUT2D eigenvalue weighted by Gasteiger charge is 1.86. The smallest absolute Gasteiger partial charge is 0.0562 e. The Kier molecular flexibility index (Phi) is 2.26. The molecule has 0 fully saturated rings. The van der Waals surface area contributed by atoms with E-state index < -0.39 is 0 Å². The SMILES string of the molecule is CC/C=C/c1cnn(C)c1. The minimum absolute atomic E-state index is 1.08. The lowest BCUT2D eigenvalue weighted by molar-refractivity contribution is 0.767. The molecule has 0 aliphatic heterocycles. The molecule has 0 radical (unpaired) electrons. The molecule has 0 amide bonds. The molecule has 0 aromatic carbocycles. The molecule has 0 bridgehead atoms. The molecule has 54 valence electrons. The van der Waals surface area contributed by atoms with Crippen LogP contribution in [0.15, 0.2) is 18.5 Å². The zero-order valence-electron chi connectivity index (χ0n) is 6.41. The molecular weight excluding hydrogens is 124 g/mol. The van der Waals surface area contributed by atoms with Crippen LogP contribution in [0.4, 0.5) is 0 Å². The van der Waals surface area contributed by atoms with Gasteiger partial charge in [0.25, 0.3) is 0 Å². The summed E-state index contributed by atoms with van der Waals surface area (Å²) in [5.41, 5.74) is 1.17. The third-order valence-electron chi connectivity index (χ3n) is 1.27. The Morgan fingerprint density at radius 1 is 1.70 bits per heavy atom. The van der Waals surface area contributed by atoms with Crippen molar-refractivity contribution < 1.29 is 0 Å². The van der Waals surface area contributed by atoms with Gasteiger partial charge >= 0.3 is 0 Å². The van der Waals surface area contributed by atoms with Gasteiger partial charge in [0.2, 0.25) is 0 Å². The molecule has 0 unspecified atom stereocenters. The molecule has 1 rings (SSSR count). The maximum atomic E-state index is 4.03. The van der Waals surface area contributed by atoms with Crippen LogP contribution in [-0.4, -0.2) is 9.78 Å². The normalized spacial score (nSPS) is 11.0. The second-order valence-corrected chi connectivity index (χ2v) is 2.26. The molecule has 1 heterocycles. The second-order valence-electron chi connectivity index (χ2n) is 2.26. The van der Waals surface area contributed by atoms with E-state index in [1.54, 1.807) is 4.68 Å². The van der Waals surface area contributed by atoms with Crippen LogP contribution in [0.5, 0.6) is 0 Å². The molecule has 0 aliphatic rings. The predicted octanol–water partition coefficient (Wildman–Crippen LogP) is 1.84. The molecular formula is C8H12N2. The predicted molar refractivity (Wildman–Crippen MR) is 42.5 cm³/mol. The standard InChI is InChI=1S/C8H12N2/c1-3-4-5-8-6-9-10(2)7-8/h4-7H,3H2,1-2H3/b5-4+. The van der Waals surface area contributed by atoms with Crippen LogP contribution in [0.1, 0.15) is 18.9 Å². The minimum atomic E-state index is 1.08. The van der Waals surface area contributed by atoms with Crippen molar-refractivity contribution in [3.63, 3.8) is 0 Å². The molecule has 1 aromatic heterocycles. The molecule has 2 nitrogen and oxygen atoms in total. The first kappa shape index (κ1) is 7.06. The molecule has 0 spiro atoms. The van der Waals surface area contributed by atoms with E-state index in [0.717, 1.165) is 6.42 Å². The van der Waals surface area contributed by atoms with Crippen LogP contribution in [0.2, 0.25) is 0 Å². The first-order chi connectivity index (χ1) is 4.83. The highest BCUT2D eigenvalue weighted by Crippen LogP contribution is 1.99. The van der Waals surface area contributed by atoms with Crippen molar-refractivity contribution in [3.05, 3.63) is 24.0 Å². The minimum Gasteiger partial charge on any atom is -0.275 e. The van der Waals surface area contributed by atoms with E-state index in [9.17, 15) is 0 Å². The summed E-state index contributed by atoms with van der Waals surface area (Å²) >= 11 is 0. The van der Waals surface area contributed by atoms with Crippen molar-refractivity contribution in [2.75, 3.05) is 0 Å². The van der Waals surface area contributed by atoms with Gasteiger partial charge < -0.3 is 0 Å². The Hall–Kier alpha value is -1.05. The van der Waals surface area contributed by atoms with Crippen LogP contribution in [0.25, 0.3) is 6.08 Å². The Labute approximate surface area is 61.2 Å². The summed E-state index contributed by atoms with van der Waals surface area (Å²) in [6.07, 6.45) is 9.12. The van der Waals surface area contributed by atoms with Crippen LogP contribution < -0.4 is 0 Å². The topological polar surface area (TPSA) is 17.8 Å². The van der Waals surface area contributed by atoms with E-state index in [2.05, 4.69) is 24.2 Å². The molecule has 0 N–H and O–H groups in total. The zero-order chi connectivity index (χ0) is 7.40. The van der Waals surface area contributed by atoms with Crippen LogP contribution >= 0.6 is 0 Å². The summed E-state index contributed by atoms with van der Waals surface area (Å²) in [6.45, 7) is 2.12. The molecule has 0 atom stereocenters. The van der Waals surface area contributed by atoms with E-state index in [1.807, 2.05) is 19.4 Å². The van der Waals surface area contributed by atoms with Crippen molar-refractivity contribution in [1.82, 2.24) is 9.78 Å². The van der Waals surface area contributed by atoms with Gasteiger partial charge in [-0.3, -0.25) is 4.68 Å². The van der Waals surface area contributed by atoms with Gasteiger partial charge in [-0.25, -0.2) is 0 Å². The zero-order valence-corrected chi connectivity index (χ0v) is 6.41. The second kappa shape index (κ2) is 3.20. The van der Waals surface area contributed by atoms with Crippen molar-refractivity contribution in [2.24, 2.45) is 7.05 Å². The number of allylic oxidation sites excluding steroid dienone is 1. The average molecular weight is 136 g/mol. The van der Waals surface area contributed by atoms with Crippen molar-refractivity contribution in [2.45, 2.75) is 13.3 Å². The van der Waals surface area contributed by atoms with Crippen molar-refractivity contribution >= 4 is 6.08 Å². The third-order valence-corrected chi connectivity index (χ3v) is 1.27. The Morgan fingerprint density at radius 2 is 2.50 bits per heavy atom. The molecule has 10 heavy (non-hydrogen) atoms. The summed E-state index contributed by atoms with van der Waals surface area (Å²) in [7, 11) is 1.92. The summed E-state index contributed by atoms with van der Waals surface area (Å²) < 4.78 is 1.80. The third kappa shape index (κ3) is 1.72. The van der Waals surface area contributed by atoms with Gasteiger partial charge in [0.15, 0.2) is 0 Å². The Bertz CT molecular complexity index is 223.